The van der Waals surface area contributed by atoms with Crippen LogP contribution in [-0.4, -0.2) is 35.1 Å². The van der Waals surface area contributed by atoms with Gasteiger partial charge in [-0.2, -0.15) is 0 Å². The van der Waals surface area contributed by atoms with Gasteiger partial charge < -0.3 is 15.2 Å². The number of aliphatic imine (C=N–C) groups is 1. The summed E-state index contributed by atoms with van der Waals surface area (Å²) in [5, 5.41) is 6.64. The zero-order valence-corrected chi connectivity index (χ0v) is 12.2. The summed E-state index contributed by atoms with van der Waals surface area (Å²) in [5.41, 5.74) is 0. The summed E-state index contributed by atoms with van der Waals surface area (Å²) >= 11 is 0. The molecule has 0 radical (unpaired) electrons. The van der Waals surface area contributed by atoms with Crippen molar-refractivity contribution in [2.75, 3.05) is 19.6 Å². The Bertz CT molecular complexity index is 332. The first-order valence-electron chi connectivity index (χ1n) is 7.34. The number of unbranched alkanes of at least 4 members (excludes halogenated alkanes) is 2. The first-order valence-corrected chi connectivity index (χ1v) is 7.34. The summed E-state index contributed by atoms with van der Waals surface area (Å²) in [7, 11) is 0. The van der Waals surface area contributed by atoms with Gasteiger partial charge in [-0.05, 0) is 19.8 Å². The van der Waals surface area contributed by atoms with Crippen molar-refractivity contribution in [3.63, 3.8) is 0 Å². The van der Waals surface area contributed by atoms with E-state index in [2.05, 4.69) is 39.0 Å². The number of nitrogens with one attached hydrogen (secondary N) is 2. The fraction of sp³-hybridized carbons (Fsp3) is 0.714. The molecular weight excluding hydrogens is 238 g/mol. The SMILES string of the molecule is CCCCCNC(=NCCCn1ccnc1)NCC. The van der Waals surface area contributed by atoms with Gasteiger partial charge in [0.25, 0.3) is 0 Å². The first kappa shape index (κ1) is 15.5. The molecule has 0 saturated heterocycles. The van der Waals surface area contributed by atoms with Crippen LogP contribution in [0.3, 0.4) is 0 Å². The number of nitrogens with zero attached hydrogens (tertiary/aromatic N) is 3. The van der Waals surface area contributed by atoms with Gasteiger partial charge in [0, 0.05) is 38.6 Å². The molecule has 1 aromatic rings. The molecule has 1 aromatic heterocycles. The van der Waals surface area contributed by atoms with E-state index < -0.39 is 0 Å². The monoisotopic (exact) mass is 265 g/mol. The molecule has 0 atom stereocenters. The van der Waals surface area contributed by atoms with E-state index in [0.717, 1.165) is 38.6 Å². The zero-order chi connectivity index (χ0) is 13.8. The van der Waals surface area contributed by atoms with E-state index in [9.17, 15) is 0 Å². The normalized spacial score (nSPS) is 11.6. The second kappa shape index (κ2) is 10.4. The van der Waals surface area contributed by atoms with E-state index in [-0.39, 0.29) is 0 Å². The summed E-state index contributed by atoms with van der Waals surface area (Å²) in [4.78, 5) is 8.60. The van der Waals surface area contributed by atoms with Gasteiger partial charge in [0.1, 0.15) is 0 Å². The Morgan fingerprint density at radius 1 is 1.21 bits per heavy atom. The van der Waals surface area contributed by atoms with Crippen LogP contribution in [-0.2, 0) is 6.54 Å². The van der Waals surface area contributed by atoms with Crippen LogP contribution in [0.5, 0.6) is 0 Å². The number of hydrogen-bond donors (Lipinski definition) is 2. The minimum atomic E-state index is 0.835. The third kappa shape index (κ3) is 7.49. The van der Waals surface area contributed by atoms with Crippen LogP contribution >= 0.6 is 0 Å². The molecule has 0 spiro atoms. The number of hydrogen-bond acceptors (Lipinski definition) is 2. The summed E-state index contributed by atoms with van der Waals surface area (Å²) in [6, 6.07) is 0. The minimum absolute atomic E-state index is 0.835. The molecule has 0 bridgehead atoms. The van der Waals surface area contributed by atoms with Gasteiger partial charge in [0.05, 0.1) is 6.33 Å². The van der Waals surface area contributed by atoms with E-state index in [1.807, 2.05) is 18.7 Å². The summed E-state index contributed by atoms with van der Waals surface area (Å²) in [6.45, 7) is 8.02. The standard InChI is InChI=1S/C14H27N5/c1-3-5-6-8-17-14(16-4-2)18-9-7-11-19-12-10-15-13-19/h10,12-13H,3-9,11H2,1-2H3,(H2,16,17,18). The number of aromatic nitrogens is 2. The summed E-state index contributed by atoms with van der Waals surface area (Å²) < 4.78 is 2.08. The summed E-state index contributed by atoms with van der Waals surface area (Å²) in [6.07, 6.45) is 10.4. The lowest BCUT2D eigenvalue weighted by Gasteiger charge is -2.11. The third-order valence-corrected chi connectivity index (χ3v) is 2.82. The van der Waals surface area contributed by atoms with Gasteiger partial charge >= 0.3 is 0 Å². The van der Waals surface area contributed by atoms with E-state index in [4.69, 9.17) is 0 Å². The van der Waals surface area contributed by atoms with Crippen molar-refractivity contribution in [3.8, 4) is 0 Å². The van der Waals surface area contributed by atoms with Gasteiger partial charge in [-0.1, -0.05) is 19.8 Å². The predicted octanol–water partition coefficient (Wildman–Crippen LogP) is 2.02. The molecule has 0 aliphatic carbocycles. The number of imidazole rings is 1. The van der Waals surface area contributed by atoms with Crippen molar-refractivity contribution in [1.29, 1.82) is 0 Å². The van der Waals surface area contributed by atoms with Crippen LogP contribution in [0.15, 0.2) is 23.7 Å². The Hall–Kier alpha value is -1.52. The molecule has 5 heteroatoms. The van der Waals surface area contributed by atoms with Crippen molar-refractivity contribution in [2.45, 2.75) is 46.1 Å². The zero-order valence-electron chi connectivity index (χ0n) is 12.2. The maximum Gasteiger partial charge on any atom is 0.191 e. The molecule has 0 aliphatic rings. The molecule has 0 saturated carbocycles. The van der Waals surface area contributed by atoms with Crippen LogP contribution in [0.1, 0.15) is 39.5 Å². The maximum absolute atomic E-state index is 4.57. The van der Waals surface area contributed by atoms with Crippen LogP contribution < -0.4 is 10.6 Å². The fourth-order valence-electron chi connectivity index (χ4n) is 1.79. The second-order valence-corrected chi connectivity index (χ2v) is 4.55. The Morgan fingerprint density at radius 2 is 2.11 bits per heavy atom. The fourth-order valence-corrected chi connectivity index (χ4v) is 1.79. The quantitative estimate of drug-likeness (QED) is 0.408. The Morgan fingerprint density at radius 3 is 2.79 bits per heavy atom. The number of guanidine groups is 1. The second-order valence-electron chi connectivity index (χ2n) is 4.55. The Balaban J connectivity index is 2.19. The molecule has 108 valence electrons. The van der Waals surface area contributed by atoms with Crippen molar-refractivity contribution >= 4 is 5.96 Å². The smallest absolute Gasteiger partial charge is 0.191 e. The molecular formula is C14H27N5. The molecule has 1 heterocycles. The topological polar surface area (TPSA) is 54.2 Å². The molecule has 2 N–H and O–H groups in total. The highest BCUT2D eigenvalue weighted by molar-refractivity contribution is 5.79. The van der Waals surface area contributed by atoms with Gasteiger partial charge in [-0.3, -0.25) is 4.99 Å². The highest BCUT2D eigenvalue weighted by atomic mass is 15.2. The Labute approximate surface area is 116 Å². The molecule has 0 aromatic carbocycles. The molecule has 19 heavy (non-hydrogen) atoms. The van der Waals surface area contributed by atoms with Crippen molar-refractivity contribution in [1.82, 2.24) is 20.2 Å². The van der Waals surface area contributed by atoms with Gasteiger partial charge in [-0.25, -0.2) is 4.98 Å². The van der Waals surface area contributed by atoms with Gasteiger partial charge in [0.2, 0.25) is 0 Å². The third-order valence-electron chi connectivity index (χ3n) is 2.82. The highest BCUT2D eigenvalue weighted by Gasteiger charge is 1.96. The molecule has 0 aliphatic heterocycles. The van der Waals surface area contributed by atoms with Crippen molar-refractivity contribution in [2.24, 2.45) is 4.99 Å². The lowest BCUT2D eigenvalue weighted by molar-refractivity contribution is 0.643. The maximum atomic E-state index is 4.57. The lowest BCUT2D eigenvalue weighted by Crippen LogP contribution is -2.37. The van der Waals surface area contributed by atoms with Crippen LogP contribution in [0, 0.1) is 0 Å². The average Bonchev–Trinajstić information content (AvgIpc) is 2.92. The van der Waals surface area contributed by atoms with E-state index in [1.165, 1.54) is 19.3 Å². The highest BCUT2D eigenvalue weighted by Crippen LogP contribution is 1.92. The number of rotatable bonds is 9. The van der Waals surface area contributed by atoms with Crippen LogP contribution in [0.2, 0.25) is 0 Å². The van der Waals surface area contributed by atoms with Crippen LogP contribution in [0.25, 0.3) is 0 Å². The molecule has 5 nitrogen and oxygen atoms in total. The summed E-state index contributed by atoms with van der Waals surface area (Å²) in [5.74, 6) is 0.934. The van der Waals surface area contributed by atoms with E-state index in [1.54, 1.807) is 0 Å². The molecule has 0 amide bonds. The van der Waals surface area contributed by atoms with Gasteiger partial charge in [0.15, 0.2) is 5.96 Å². The number of aryl methyl sites for hydroxylation is 1. The van der Waals surface area contributed by atoms with E-state index >= 15 is 0 Å². The van der Waals surface area contributed by atoms with Crippen LogP contribution in [0.4, 0.5) is 0 Å². The van der Waals surface area contributed by atoms with Crippen molar-refractivity contribution < 1.29 is 0 Å². The lowest BCUT2D eigenvalue weighted by atomic mass is 10.2. The molecule has 1 rings (SSSR count). The first-order chi connectivity index (χ1) is 9.36. The largest absolute Gasteiger partial charge is 0.357 e. The van der Waals surface area contributed by atoms with Crippen molar-refractivity contribution in [3.05, 3.63) is 18.7 Å². The Kier molecular flexibility index (Phi) is 8.51. The average molecular weight is 265 g/mol. The molecule has 0 unspecified atom stereocenters. The minimum Gasteiger partial charge on any atom is -0.357 e. The molecule has 0 fully saturated rings. The predicted molar refractivity (Wildman–Crippen MR) is 80.4 cm³/mol. The van der Waals surface area contributed by atoms with E-state index in [0.29, 0.717) is 0 Å². The van der Waals surface area contributed by atoms with Gasteiger partial charge in [-0.15, -0.1) is 0 Å².